The van der Waals surface area contributed by atoms with Gasteiger partial charge in [-0.25, -0.2) is 4.79 Å². The quantitative estimate of drug-likeness (QED) is 0.831. The fourth-order valence-corrected chi connectivity index (χ4v) is 2.20. The molecule has 1 rings (SSSR count). The van der Waals surface area contributed by atoms with E-state index in [9.17, 15) is 9.59 Å². The van der Waals surface area contributed by atoms with Gasteiger partial charge in [0.1, 0.15) is 11.8 Å². The number of rotatable bonds is 6. The summed E-state index contributed by atoms with van der Waals surface area (Å²) in [6, 6.07) is 4.59. The number of ether oxygens (including phenoxy) is 1. The Labute approximate surface area is 126 Å². The summed E-state index contributed by atoms with van der Waals surface area (Å²) in [5, 5.41) is 11.4. The van der Waals surface area contributed by atoms with Crippen LogP contribution in [0.1, 0.15) is 19.4 Å². The summed E-state index contributed by atoms with van der Waals surface area (Å²) in [5.74, 6) is -1.16. The topological polar surface area (TPSA) is 75.6 Å². The van der Waals surface area contributed by atoms with Crippen molar-refractivity contribution < 1.29 is 19.4 Å². The number of hydrogen-bond acceptors (Lipinski definition) is 3. The summed E-state index contributed by atoms with van der Waals surface area (Å²) in [7, 11) is 0. The molecule has 1 aromatic carbocycles. The Morgan fingerprint density at radius 2 is 2.05 bits per heavy atom. The van der Waals surface area contributed by atoms with Gasteiger partial charge >= 0.3 is 5.97 Å². The second-order valence-electron chi connectivity index (χ2n) is 4.85. The minimum absolute atomic E-state index is 0.192. The van der Waals surface area contributed by atoms with Crippen LogP contribution in [0, 0.1) is 12.8 Å². The van der Waals surface area contributed by atoms with E-state index in [0.29, 0.717) is 5.75 Å². The molecule has 5 nitrogen and oxygen atoms in total. The number of carboxylic acids is 1. The monoisotopic (exact) mass is 343 g/mol. The lowest BCUT2D eigenvalue weighted by Gasteiger charge is -2.18. The van der Waals surface area contributed by atoms with Crippen LogP contribution < -0.4 is 10.1 Å². The van der Waals surface area contributed by atoms with Crippen molar-refractivity contribution in [3.05, 3.63) is 28.2 Å². The fraction of sp³-hybridized carbons (Fsp3) is 0.429. The maximum Gasteiger partial charge on any atom is 0.326 e. The van der Waals surface area contributed by atoms with Crippen molar-refractivity contribution in [3.8, 4) is 5.75 Å². The van der Waals surface area contributed by atoms with Crippen molar-refractivity contribution in [3.63, 3.8) is 0 Å². The first-order chi connectivity index (χ1) is 9.31. The van der Waals surface area contributed by atoms with E-state index in [4.69, 9.17) is 9.84 Å². The normalized spacial score (nSPS) is 12.1. The Bertz CT molecular complexity index is 502. The molecule has 6 heteroatoms. The Balaban J connectivity index is 2.57. The van der Waals surface area contributed by atoms with E-state index >= 15 is 0 Å². The third-order valence-electron chi connectivity index (χ3n) is 2.70. The average molecular weight is 344 g/mol. The summed E-state index contributed by atoms with van der Waals surface area (Å²) in [4.78, 5) is 22.7. The summed E-state index contributed by atoms with van der Waals surface area (Å²) >= 11 is 3.34. The van der Waals surface area contributed by atoms with E-state index in [0.717, 1.165) is 10.0 Å². The van der Waals surface area contributed by atoms with Gasteiger partial charge in [0.2, 0.25) is 0 Å². The number of hydrogen-bond donors (Lipinski definition) is 2. The Morgan fingerprint density at radius 1 is 1.40 bits per heavy atom. The number of aliphatic carboxylic acids is 1. The van der Waals surface area contributed by atoms with E-state index in [1.807, 2.05) is 19.1 Å². The number of carboxylic acid groups (broad SMARTS) is 1. The van der Waals surface area contributed by atoms with E-state index in [2.05, 4.69) is 21.2 Å². The molecule has 0 fully saturated rings. The van der Waals surface area contributed by atoms with Crippen molar-refractivity contribution in [2.45, 2.75) is 26.8 Å². The zero-order valence-electron chi connectivity index (χ0n) is 11.6. The van der Waals surface area contributed by atoms with Crippen LogP contribution in [0.15, 0.2) is 22.7 Å². The zero-order chi connectivity index (χ0) is 15.3. The van der Waals surface area contributed by atoms with Crippen molar-refractivity contribution in [1.29, 1.82) is 0 Å². The molecular weight excluding hydrogens is 326 g/mol. The number of nitrogens with one attached hydrogen (secondary N) is 1. The maximum absolute atomic E-state index is 11.7. The van der Waals surface area contributed by atoms with E-state index in [1.165, 1.54) is 0 Å². The van der Waals surface area contributed by atoms with Crippen LogP contribution in [-0.2, 0) is 9.59 Å². The molecule has 0 bridgehead atoms. The molecule has 1 unspecified atom stereocenters. The van der Waals surface area contributed by atoms with Crippen LogP contribution in [0.4, 0.5) is 0 Å². The van der Waals surface area contributed by atoms with Gasteiger partial charge in [-0.1, -0.05) is 19.9 Å². The highest BCUT2D eigenvalue weighted by atomic mass is 79.9. The second-order valence-corrected chi connectivity index (χ2v) is 5.70. The molecule has 0 heterocycles. The summed E-state index contributed by atoms with van der Waals surface area (Å²) < 4.78 is 6.12. The molecule has 0 spiro atoms. The van der Waals surface area contributed by atoms with Gasteiger partial charge in [-0.2, -0.15) is 0 Å². The molecule has 0 radical (unpaired) electrons. The van der Waals surface area contributed by atoms with E-state index in [-0.39, 0.29) is 12.5 Å². The number of amides is 1. The molecule has 1 atom stereocenters. The molecule has 0 aliphatic carbocycles. The minimum atomic E-state index is -1.05. The number of carbonyl (C=O) groups excluding carboxylic acids is 1. The van der Waals surface area contributed by atoms with Crippen LogP contribution in [0.2, 0.25) is 0 Å². The summed E-state index contributed by atoms with van der Waals surface area (Å²) in [6.07, 6.45) is 0. The molecule has 0 saturated carbocycles. The first kappa shape index (κ1) is 16.5. The molecule has 0 aromatic heterocycles. The number of benzene rings is 1. The van der Waals surface area contributed by atoms with E-state index < -0.39 is 17.9 Å². The smallest absolute Gasteiger partial charge is 0.326 e. The molecule has 0 saturated heterocycles. The van der Waals surface area contributed by atoms with Crippen molar-refractivity contribution in [2.75, 3.05) is 6.61 Å². The number of aryl methyl sites for hydroxylation is 1. The van der Waals surface area contributed by atoms with Gasteiger partial charge in [0.15, 0.2) is 6.61 Å². The van der Waals surface area contributed by atoms with E-state index in [1.54, 1.807) is 19.9 Å². The molecule has 1 aromatic rings. The molecule has 0 aliphatic rings. The largest absolute Gasteiger partial charge is 0.483 e. The molecular formula is C14H18BrNO4. The highest BCUT2D eigenvalue weighted by Crippen LogP contribution is 2.25. The molecule has 110 valence electrons. The Kier molecular flexibility index (Phi) is 6.01. The predicted molar refractivity (Wildman–Crippen MR) is 78.8 cm³/mol. The standard InChI is InChI=1S/C14H18BrNO4/c1-8(2)13(14(18)19)16-12(17)7-20-11-5-4-9(3)6-10(11)15/h4-6,8,13H,7H2,1-3H3,(H,16,17)(H,18,19). The van der Waals surface area contributed by atoms with Crippen LogP contribution in [0.5, 0.6) is 5.75 Å². The average Bonchev–Trinajstić information content (AvgIpc) is 2.34. The number of halogens is 1. The van der Waals surface area contributed by atoms with Gasteiger partial charge in [-0.05, 0) is 46.5 Å². The second kappa shape index (κ2) is 7.28. The third kappa shape index (κ3) is 4.85. The zero-order valence-corrected chi connectivity index (χ0v) is 13.2. The molecule has 1 amide bonds. The van der Waals surface area contributed by atoms with Gasteiger partial charge in [0.05, 0.1) is 4.47 Å². The van der Waals surface area contributed by atoms with Crippen LogP contribution in [-0.4, -0.2) is 29.6 Å². The molecule has 2 N–H and O–H groups in total. The van der Waals surface area contributed by atoms with Gasteiger partial charge in [-0.3, -0.25) is 4.79 Å². The fourth-order valence-electron chi connectivity index (χ4n) is 1.59. The lowest BCUT2D eigenvalue weighted by molar-refractivity contribution is -0.143. The van der Waals surface area contributed by atoms with Crippen LogP contribution >= 0.6 is 15.9 Å². The lowest BCUT2D eigenvalue weighted by Crippen LogP contribution is -2.46. The lowest BCUT2D eigenvalue weighted by atomic mass is 10.1. The van der Waals surface area contributed by atoms with Crippen molar-refractivity contribution in [1.82, 2.24) is 5.32 Å². The minimum Gasteiger partial charge on any atom is -0.483 e. The molecule has 0 aliphatic heterocycles. The third-order valence-corrected chi connectivity index (χ3v) is 3.32. The van der Waals surface area contributed by atoms with Gasteiger partial charge in [0.25, 0.3) is 5.91 Å². The molecule has 20 heavy (non-hydrogen) atoms. The van der Waals surface area contributed by atoms with Gasteiger partial charge < -0.3 is 15.2 Å². The van der Waals surface area contributed by atoms with Crippen LogP contribution in [0.3, 0.4) is 0 Å². The predicted octanol–water partition coefficient (Wildman–Crippen LogP) is 2.36. The first-order valence-electron chi connectivity index (χ1n) is 6.22. The maximum atomic E-state index is 11.7. The highest BCUT2D eigenvalue weighted by molar-refractivity contribution is 9.10. The summed E-state index contributed by atoms with van der Waals surface area (Å²) in [6.45, 7) is 5.19. The van der Waals surface area contributed by atoms with Gasteiger partial charge in [0, 0.05) is 0 Å². The van der Waals surface area contributed by atoms with Crippen molar-refractivity contribution in [2.24, 2.45) is 5.92 Å². The van der Waals surface area contributed by atoms with Gasteiger partial charge in [-0.15, -0.1) is 0 Å². The van der Waals surface area contributed by atoms with Crippen molar-refractivity contribution >= 4 is 27.8 Å². The Hall–Kier alpha value is -1.56. The SMILES string of the molecule is Cc1ccc(OCC(=O)NC(C(=O)O)C(C)C)c(Br)c1. The number of carbonyl (C=O) groups is 2. The Morgan fingerprint density at radius 3 is 2.55 bits per heavy atom. The van der Waals surface area contributed by atoms with Crippen LogP contribution in [0.25, 0.3) is 0 Å². The first-order valence-corrected chi connectivity index (χ1v) is 7.01. The summed E-state index contributed by atoms with van der Waals surface area (Å²) in [5.41, 5.74) is 1.07. The highest BCUT2D eigenvalue weighted by Gasteiger charge is 2.23.